The second kappa shape index (κ2) is 5.96. The number of amides is 1. The summed E-state index contributed by atoms with van der Waals surface area (Å²) in [6.45, 7) is 9.33. The Morgan fingerprint density at radius 1 is 1.30 bits per heavy atom. The highest BCUT2D eigenvalue weighted by Gasteiger charge is 2.24. The van der Waals surface area contributed by atoms with Gasteiger partial charge in [-0.15, -0.1) is 0 Å². The third kappa shape index (κ3) is 3.60. The van der Waals surface area contributed by atoms with Gasteiger partial charge in [-0.1, -0.05) is 32.9 Å². The molecular weight excluding hydrogens is 250 g/mol. The molecule has 3 heteroatoms. The minimum absolute atomic E-state index is 0.0199. The van der Waals surface area contributed by atoms with Gasteiger partial charge in [0.2, 0.25) is 0 Å². The summed E-state index contributed by atoms with van der Waals surface area (Å²) in [5.74, 6) is -0.0199. The van der Waals surface area contributed by atoms with Crippen LogP contribution in [0.5, 0.6) is 0 Å². The molecule has 1 saturated heterocycles. The molecule has 1 aliphatic rings. The summed E-state index contributed by atoms with van der Waals surface area (Å²) < 4.78 is 5.60. The number of nitrogens with one attached hydrogen (secondary N) is 1. The van der Waals surface area contributed by atoms with Gasteiger partial charge in [0.25, 0.3) is 5.91 Å². The Morgan fingerprint density at radius 2 is 1.95 bits per heavy atom. The van der Waals surface area contributed by atoms with Crippen molar-refractivity contribution in [3.8, 4) is 0 Å². The van der Waals surface area contributed by atoms with Gasteiger partial charge in [0.15, 0.2) is 0 Å². The summed E-state index contributed by atoms with van der Waals surface area (Å²) >= 11 is 0. The maximum absolute atomic E-state index is 12.2. The van der Waals surface area contributed by atoms with Gasteiger partial charge < -0.3 is 10.1 Å². The molecule has 1 aromatic rings. The molecule has 1 aromatic carbocycles. The third-order valence-electron chi connectivity index (χ3n) is 3.89. The van der Waals surface area contributed by atoms with Crippen LogP contribution < -0.4 is 5.32 Å². The van der Waals surface area contributed by atoms with Gasteiger partial charge in [0.1, 0.15) is 0 Å². The van der Waals surface area contributed by atoms with Crippen LogP contribution in [0, 0.1) is 0 Å². The highest BCUT2D eigenvalue weighted by atomic mass is 16.5. The quantitative estimate of drug-likeness (QED) is 0.919. The van der Waals surface area contributed by atoms with Crippen molar-refractivity contribution in [1.29, 1.82) is 0 Å². The first-order valence-electron chi connectivity index (χ1n) is 7.41. The standard InChI is InChI=1S/C17H25NO2/c1-12(15-6-5-11-20-15)18-16(19)13-7-9-14(10-8-13)17(2,3)4/h7-10,12,15H,5-6,11H2,1-4H3,(H,18,19). The van der Waals surface area contributed by atoms with Crippen LogP contribution in [-0.4, -0.2) is 24.7 Å². The number of benzene rings is 1. The van der Waals surface area contributed by atoms with Crippen LogP contribution in [0.15, 0.2) is 24.3 Å². The lowest BCUT2D eigenvalue weighted by molar-refractivity contribution is 0.0712. The second-order valence-corrected chi connectivity index (χ2v) is 6.64. The molecule has 0 bridgehead atoms. The molecule has 2 unspecified atom stereocenters. The molecule has 3 nitrogen and oxygen atoms in total. The first-order valence-corrected chi connectivity index (χ1v) is 7.41. The van der Waals surface area contributed by atoms with Crippen LogP contribution >= 0.6 is 0 Å². The zero-order valence-corrected chi connectivity index (χ0v) is 12.9. The Labute approximate surface area is 121 Å². The van der Waals surface area contributed by atoms with E-state index in [1.807, 2.05) is 31.2 Å². The Kier molecular flexibility index (Phi) is 4.48. The molecule has 0 aliphatic carbocycles. The van der Waals surface area contributed by atoms with Crippen LogP contribution in [0.4, 0.5) is 0 Å². The molecule has 0 aromatic heterocycles. The van der Waals surface area contributed by atoms with Crippen molar-refractivity contribution in [2.24, 2.45) is 0 Å². The first-order chi connectivity index (χ1) is 9.38. The third-order valence-corrected chi connectivity index (χ3v) is 3.89. The summed E-state index contributed by atoms with van der Waals surface area (Å²) in [6.07, 6.45) is 2.28. The van der Waals surface area contributed by atoms with Crippen LogP contribution in [0.2, 0.25) is 0 Å². The van der Waals surface area contributed by atoms with Crippen molar-refractivity contribution in [3.63, 3.8) is 0 Å². The smallest absolute Gasteiger partial charge is 0.251 e. The van der Waals surface area contributed by atoms with Crippen molar-refractivity contribution < 1.29 is 9.53 Å². The summed E-state index contributed by atoms with van der Waals surface area (Å²) in [6, 6.07) is 7.93. The van der Waals surface area contributed by atoms with E-state index in [1.165, 1.54) is 5.56 Å². The van der Waals surface area contributed by atoms with Gasteiger partial charge >= 0.3 is 0 Å². The van der Waals surface area contributed by atoms with Gasteiger partial charge in [0, 0.05) is 12.2 Å². The number of hydrogen-bond acceptors (Lipinski definition) is 2. The van der Waals surface area contributed by atoms with E-state index in [9.17, 15) is 4.79 Å². The molecule has 1 fully saturated rings. The van der Waals surface area contributed by atoms with Crippen molar-refractivity contribution in [3.05, 3.63) is 35.4 Å². The van der Waals surface area contributed by atoms with Crippen molar-refractivity contribution in [2.45, 2.75) is 58.1 Å². The molecule has 1 amide bonds. The van der Waals surface area contributed by atoms with Crippen molar-refractivity contribution >= 4 is 5.91 Å². The normalized spacial score (nSPS) is 20.7. The molecule has 2 rings (SSSR count). The van der Waals surface area contributed by atoms with E-state index >= 15 is 0 Å². The predicted octanol–water partition coefficient (Wildman–Crippen LogP) is 3.28. The molecule has 0 spiro atoms. The Bertz CT molecular complexity index is 453. The molecule has 2 atom stereocenters. The van der Waals surface area contributed by atoms with Crippen LogP contribution in [-0.2, 0) is 10.2 Å². The van der Waals surface area contributed by atoms with E-state index in [1.54, 1.807) is 0 Å². The fourth-order valence-electron chi connectivity index (χ4n) is 2.50. The summed E-state index contributed by atoms with van der Waals surface area (Å²) in [7, 11) is 0. The van der Waals surface area contributed by atoms with E-state index < -0.39 is 0 Å². The topological polar surface area (TPSA) is 38.3 Å². The predicted molar refractivity (Wildman–Crippen MR) is 81.0 cm³/mol. The lowest BCUT2D eigenvalue weighted by Gasteiger charge is -2.21. The SMILES string of the molecule is CC(NC(=O)c1ccc(C(C)(C)C)cc1)C1CCCO1. The first kappa shape index (κ1) is 15.0. The highest BCUT2D eigenvalue weighted by molar-refractivity contribution is 5.94. The average molecular weight is 275 g/mol. The Hall–Kier alpha value is -1.35. The zero-order chi connectivity index (χ0) is 14.8. The number of ether oxygens (including phenoxy) is 1. The van der Waals surface area contributed by atoms with E-state index in [-0.39, 0.29) is 23.5 Å². The molecule has 0 saturated carbocycles. The van der Waals surface area contributed by atoms with Crippen molar-refractivity contribution in [2.75, 3.05) is 6.61 Å². The van der Waals surface area contributed by atoms with Gasteiger partial charge in [0.05, 0.1) is 12.1 Å². The molecular formula is C17H25NO2. The number of rotatable bonds is 3. The number of carbonyl (C=O) groups excluding carboxylic acids is 1. The van der Waals surface area contributed by atoms with Gasteiger partial charge in [-0.2, -0.15) is 0 Å². The monoisotopic (exact) mass is 275 g/mol. The maximum atomic E-state index is 12.2. The average Bonchev–Trinajstić information content (AvgIpc) is 2.91. The lowest BCUT2D eigenvalue weighted by atomic mass is 9.86. The fourth-order valence-corrected chi connectivity index (χ4v) is 2.50. The molecule has 1 N–H and O–H groups in total. The van der Waals surface area contributed by atoms with Gasteiger partial charge in [-0.3, -0.25) is 4.79 Å². The highest BCUT2D eigenvalue weighted by Crippen LogP contribution is 2.22. The molecule has 1 heterocycles. The molecule has 20 heavy (non-hydrogen) atoms. The second-order valence-electron chi connectivity index (χ2n) is 6.64. The molecule has 1 aliphatic heterocycles. The maximum Gasteiger partial charge on any atom is 0.251 e. The summed E-state index contributed by atoms with van der Waals surface area (Å²) in [5.41, 5.74) is 2.06. The van der Waals surface area contributed by atoms with Crippen LogP contribution in [0.25, 0.3) is 0 Å². The fraction of sp³-hybridized carbons (Fsp3) is 0.588. The van der Waals surface area contributed by atoms with E-state index in [2.05, 4.69) is 26.1 Å². The van der Waals surface area contributed by atoms with Crippen LogP contribution in [0.1, 0.15) is 56.5 Å². The lowest BCUT2D eigenvalue weighted by Crippen LogP contribution is -2.40. The summed E-state index contributed by atoms with van der Waals surface area (Å²) in [4.78, 5) is 12.2. The largest absolute Gasteiger partial charge is 0.376 e. The molecule has 110 valence electrons. The van der Waals surface area contributed by atoms with Crippen molar-refractivity contribution in [1.82, 2.24) is 5.32 Å². The van der Waals surface area contributed by atoms with E-state index in [4.69, 9.17) is 4.74 Å². The molecule has 0 radical (unpaired) electrons. The van der Waals surface area contributed by atoms with E-state index in [0.717, 1.165) is 19.4 Å². The minimum atomic E-state index is -0.0199. The zero-order valence-electron chi connectivity index (χ0n) is 12.9. The van der Waals surface area contributed by atoms with Crippen LogP contribution in [0.3, 0.4) is 0 Å². The number of hydrogen-bond donors (Lipinski definition) is 1. The summed E-state index contributed by atoms with van der Waals surface area (Å²) in [5, 5.41) is 3.03. The Morgan fingerprint density at radius 3 is 2.45 bits per heavy atom. The Balaban J connectivity index is 1.98. The van der Waals surface area contributed by atoms with E-state index in [0.29, 0.717) is 5.56 Å². The minimum Gasteiger partial charge on any atom is -0.376 e. The van der Waals surface area contributed by atoms with Gasteiger partial charge in [-0.05, 0) is 42.9 Å². The number of carbonyl (C=O) groups is 1. The van der Waals surface area contributed by atoms with Gasteiger partial charge in [-0.25, -0.2) is 0 Å².